The highest BCUT2D eigenvalue weighted by Crippen LogP contribution is 2.28. The van der Waals surface area contributed by atoms with Crippen molar-refractivity contribution in [3.05, 3.63) is 20.8 Å². The quantitative estimate of drug-likeness (QED) is 0.906. The number of hydrogen-bond donors (Lipinski definition) is 1. The third-order valence-electron chi connectivity index (χ3n) is 3.72. The monoisotopic (exact) mass is 344 g/mol. The third kappa shape index (κ3) is 3.58. The molecule has 0 spiro atoms. The second-order valence-electron chi connectivity index (χ2n) is 5.16. The van der Waals surface area contributed by atoms with E-state index in [0.717, 1.165) is 48.0 Å². The van der Waals surface area contributed by atoms with Crippen molar-refractivity contribution in [3.8, 4) is 0 Å². The summed E-state index contributed by atoms with van der Waals surface area (Å²) in [5.41, 5.74) is 5.96. The van der Waals surface area contributed by atoms with Crippen molar-refractivity contribution in [1.29, 1.82) is 0 Å². The lowest BCUT2D eigenvalue weighted by Gasteiger charge is -2.36. The normalized spacial score (nSPS) is 23.3. The Labute approximate surface area is 127 Å². The molecular weight excluding hydrogens is 324 g/mol. The van der Waals surface area contributed by atoms with E-state index in [0.29, 0.717) is 12.1 Å². The first-order valence-electron chi connectivity index (χ1n) is 6.93. The van der Waals surface area contributed by atoms with Crippen molar-refractivity contribution in [2.45, 2.75) is 51.1 Å². The molecule has 1 aliphatic carbocycles. The van der Waals surface area contributed by atoms with Crippen LogP contribution in [0.2, 0.25) is 0 Å². The largest absolute Gasteiger partial charge is 0.335 e. The fourth-order valence-corrected chi connectivity index (χ4v) is 4.18. The molecule has 0 aromatic carbocycles. The Hall–Kier alpha value is -0.390. The highest BCUT2D eigenvalue weighted by Gasteiger charge is 2.29. The van der Waals surface area contributed by atoms with Gasteiger partial charge in [-0.25, -0.2) is 0 Å². The number of hydrogen-bond acceptors (Lipinski definition) is 3. The van der Waals surface area contributed by atoms with Crippen molar-refractivity contribution < 1.29 is 4.79 Å². The summed E-state index contributed by atoms with van der Waals surface area (Å²) in [7, 11) is 0. The van der Waals surface area contributed by atoms with Crippen LogP contribution in [0.3, 0.4) is 0 Å². The molecule has 19 heavy (non-hydrogen) atoms. The minimum atomic E-state index is 0.171. The molecule has 1 saturated carbocycles. The average Bonchev–Trinajstić information content (AvgIpc) is 2.83. The van der Waals surface area contributed by atoms with Gasteiger partial charge in [-0.3, -0.25) is 4.79 Å². The van der Waals surface area contributed by atoms with E-state index in [2.05, 4.69) is 27.8 Å². The highest BCUT2D eigenvalue weighted by molar-refractivity contribution is 9.10. The van der Waals surface area contributed by atoms with Gasteiger partial charge in [-0.15, -0.1) is 11.3 Å². The molecule has 0 bridgehead atoms. The van der Waals surface area contributed by atoms with Gasteiger partial charge in [0.2, 0.25) is 0 Å². The molecule has 0 unspecified atom stereocenters. The molecule has 2 N–H and O–H groups in total. The topological polar surface area (TPSA) is 46.3 Å². The van der Waals surface area contributed by atoms with Gasteiger partial charge in [0.25, 0.3) is 5.91 Å². The van der Waals surface area contributed by atoms with E-state index in [1.54, 1.807) is 0 Å². The predicted molar refractivity (Wildman–Crippen MR) is 83.6 cm³/mol. The molecule has 1 fully saturated rings. The maximum Gasteiger partial charge on any atom is 0.265 e. The molecule has 106 valence electrons. The molecule has 1 aliphatic rings. The maximum absolute atomic E-state index is 12.7. The summed E-state index contributed by atoms with van der Waals surface area (Å²) in [5.74, 6) is 0.171. The number of thiophene rings is 1. The van der Waals surface area contributed by atoms with Gasteiger partial charge >= 0.3 is 0 Å². The van der Waals surface area contributed by atoms with Crippen LogP contribution in [0.15, 0.2) is 15.9 Å². The van der Waals surface area contributed by atoms with Crippen LogP contribution in [0.4, 0.5) is 0 Å². The maximum atomic E-state index is 12.7. The van der Waals surface area contributed by atoms with Crippen molar-refractivity contribution in [2.75, 3.05) is 6.54 Å². The lowest BCUT2D eigenvalue weighted by atomic mass is 9.90. The standard InChI is InChI=1S/C14H21BrN2OS/c1-2-8-17(11-5-3-10(16)4-6-11)14(18)13-12(15)7-9-19-13/h7,9-11H,2-6,8,16H2,1H3. The fourth-order valence-electron chi connectivity index (χ4n) is 2.68. The van der Waals surface area contributed by atoms with Crippen LogP contribution in [0.25, 0.3) is 0 Å². The second-order valence-corrected chi connectivity index (χ2v) is 6.94. The number of halogens is 1. The number of carbonyl (C=O) groups is 1. The second kappa shape index (κ2) is 6.86. The fraction of sp³-hybridized carbons (Fsp3) is 0.643. The van der Waals surface area contributed by atoms with Crippen LogP contribution in [0.1, 0.15) is 48.7 Å². The SMILES string of the molecule is CCCN(C(=O)c1sccc1Br)C1CCC(N)CC1. The van der Waals surface area contributed by atoms with Gasteiger partial charge in [-0.1, -0.05) is 6.92 Å². The van der Waals surface area contributed by atoms with E-state index in [1.807, 2.05) is 11.4 Å². The van der Waals surface area contributed by atoms with E-state index in [4.69, 9.17) is 5.73 Å². The summed E-state index contributed by atoms with van der Waals surface area (Å²) < 4.78 is 0.913. The molecule has 0 aliphatic heterocycles. The number of rotatable bonds is 4. The predicted octanol–water partition coefficient (Wildman–Crippen LogP) is 3.63. The Kier molecular flexibility index (Phi) is 5.42. The number of carbonyl (C=O) groups excluding carboxylic acids is 1. The summed E-state index contributed by atoms with van der Waals surface area (Å²) in [5, 5.41) is 1.96. The zero-order chi connectivity index (χ0) is 13.8. The van der Waals surface area contributed by atoms with Gasteiger partial charge in [-0.05, 0) is 59.5 Å². The molecule has 1 aromatic rings. The van der Waals surface area contributed by atoms with Gasteiger partial charge < -0.3 is 10.6 Å². The number of nitrogens with zero attached hydrogens (tertiary/aromatic N) is 1. The summed E-state index contributed by atoms with van der Waals surface area (Å²) in [6, 6.07) is 2.63. The van der Waals surface area contributed by atoms with E-state index in [-0.39, 0.29) is 5.91 Å². The smallest absolute Gasteiger partial charge is 0.265 e. The first-order valence-corrected chi connectivity index (χ1v) is 8.60. The van der Waals surface area contributed by atoms with E-state index < -0.39 is 0 Å². The van der Waals surface area contributed by atoms with Crippen LogP contribution < -0.4 is 5.73 Å². The van der Waals surface area contributed by atoms with Crippen molar-refractivity contribution in [2.24, 2.45) is 5.73 Å². The van der Waals surface area contributed by atoms with Crippen molar-refractivity contribution in [3.63, 3.8) is 0 Å². The van der Waals surface area contributed by atoms with Crippen LogP contribution in [-0.2, 0) is 0 Å². The van der Waals surface area contributed by atoms with Crippen LogP contribution in [0, 0.1) is 0 Å². The van der Waals surface area contributed by atoms with Gasteiger partial charge in [-0.2, -0.15) is 0 Å². The lowest BCUT2D eigenvalue weighted by molar-refractivity contribution is 0.0631. The van der Waals surface area contributed by atoms with E-state index in [1.165, 1.54) is 11.3 Å². The minimum absolute atomic E-state index is 0.171. The number of nitrogens with two attached hydrogens (primary N) is 1. The summed E-state index contributed by atoms with van der Waals surface area (Å²) in [6.07, 6.45) is 5.14. The summed E-state index contributed by atoms with van der Waals surface area (Å²) in [6.45, 7) is 2.96. The zero-order valence-electron chi connectivity index (χ0n) is 11.3. The van der Waals surface area contributed by atoms with Gasteiger partial charge in [0.15, 0.2) is 0 Å². The molecule has 1 aromatic heterocycles. The van der Waals surface area contributed by atoms with E-state index in [9.17, 15) is 4.79 Å². The molecule has 1 heterocycles. The Balaban J connectivity index is 2.11. The molecular formula is C14H21BrN2OS. The van der Waals surface area contributed by atoms with Gasteiger partial charge in [0.05, 0.1) is 0 Å². The summed E-state index contributed by atoms with van der Waals surface area (Å²) >= 11 is 4.98. The zero-order valence-corrected chi connectivity index (χ0v) is 13.7. The van der Waals surface area contributed by atoms with Crippen LogP contribution >= 0.6 is 27.3 Å². The van der Waals surface area contributed by atoms with Gasteiger partial charge in [0.1, 0.15) is 4.88 Å². The average molecular weight is 345 g/mol. The Morgan fingerprint density at radius 1 is 1.47 bits per heavy atom. The lowest BCUT2D eigenvalue weighted by Crippen LogP contribution is -2.44. The molecule has 3 nitrogen and oxygen atoms in total. The molecule has 1 amide bonds. The van der Waals surface area contributed by atoms with Crippen LogP contribution in [-0.4, -0.2) is 29.4 Å². The molecule has 0 saturated heterocycles. The van der Waals surface area contributed by atoms with Gasteiger partial charge in [0, 0.05) is 23.1 Å². The Morgan fingerprint density at radius 2 is 2.16 bits per heavy atom. The first-order chi connectivity index (χ1) is 9.13. The van der Waals surface area contributed by atoms with Crippen molar-refractivity contribution in [1.82, 2.24) is 4.90 Å². The summed E-state index contributed by atoms with van der Waals surface area (Å²) in [4.78, 5) is 15.6. The third-order valence-corrected chi connectivity index (χ3v) is 5.54. The van der Waals surface area contributed by atoms with Crippen LogP contribution in [0.5, 0.6) is 0 Å². The van der Waals surface area contributed by atoms with Crippen molar-refractivity contribution >= 4 is 33.2 Å². The minimum Gasteiger partial charge on any atom is -0.335 e. The first kappa shape index (κ1) is 15.0. The highest BCUT2D eigenvalue weighted by atomic mass is 79.9. The molecule has 2 rings (SSSR count). The Bertz CT molecular complexity index is 427. The Morgan fingerprint density at radius 3 is 2.68 bits per heavy atom. The van der Waals surface area contributed by atoms with E-state index >= 15 is 0 Å². The molecule has 0 atom stereocenters. The molecule has 5 heteroatoms. The number of amides is 1. The molecule has 0 radical (unpaired) electrons.